The smallest absolute Gasteiger partial charge is 0.243 e. The fourth-order valence-electron chi connectivity index (χ4n) is 3.54. The van der Waals surface area contributed by atoms with Crippen molar-refractivity contribution in [1.82, 2.24) is 14.5 Å². The summed E-state index contributed by atoms with van der Waals surface area (Å²) >= 11 is 0. The summed E-state index contributed by atoms with van der Waals surface area (Å²) in [5.74, 6) is 0.991. The molecule has 0 N–H and O–H groups in total. The zero-order chi connectivity index (χ0) is 21.1. The third-order valence-electron chi connectivity index (χ3n) is 5.18. The minimum Gasteiger partial charge on any atom is -0.497 e. The molecule has 7 nitrogen and oxygen atoms in total. The molecule has 0 radical (unpaired) electrons. The largest absolute Gasteiger partial charge is 0.497 e. The first kappa shape index (κ1) is 20.5. The van der Waals surface area contributed by atoms with E-state index in [9.17, 15) is 12.8 Å². The maximum absolute atomic E-state index is 13.1. The molecule has 0 aliphatic carbocycles. The number of rotatable bonds is 6. The Morgan fingerprint density at radius 3 is 2.57 bits per heavy atom. The van der Waals surface area contributed by atoms with Crippen molar-refractivity contribution in [2.45, 2.75) is 30.1 Å². The quantitative estimate of drug-likeness (QED) is 0.595. The number of benzene rings is 2. The molecule has 0 spiro atoms. The average molecular weight is 431 g/mol. The summed E-state index contributed by atoms with van der Waals surface area (Å²) < 4.78 is 51.5. The molecule has 1 aliphatic rings. The number of piperidine rings is 1. The topological polar surface area (TPSA) is 85.5 Å². The van der Waals surface area contributed by atoms with Crippen molar-refractivity contribution < 1.29 is 22.0 Å². The first-order valence-corrected chi connectivity index (χ1v) is 11.1. The predicted molar refractivity (Wildman–Crippen MR) is 107 cm³/mol. The van der Waals surface area contributed by atoms with Gasteiger partial charge in [0.2, 0.25) is 21.8 Å². The summed E-state index contributed by atoms with van der Waals surface area (Å²) in [5, 5.41) is 8.22. The predicted octanol–water partition coefficient (Wildman–Crippen LogP) is 3.38. The van der Waals surface area contributed by atoms with E-state index in [-0.39, 0.29) is 23.2 Å². The van der Waals surface area contributed by atoms with Crippen LogP contribution in [-0.4, -0.2) is 43.1 Å². The number of ether oxygens (including phenoxy) is 1. The van der Waals surface area contributed by atoms with Gasteiger partial charge in [-0.2, -0.15) is 4.31 Å². The lowest BCUT2D eigenvalue weighted by molar-refractivity contribution is 0.281. The summed E-state index contributed by atoms with van der Waals surface area (Å²) in [6.07, 6.45) is 1.87. The molecule has 2 aromatic carbocycles. The molecule has 1 aromatic heterocycles. The molecule has 1 aliphatic heterocycles. The van der Waals surface area contributed by atoms with Crippen LogP contribution in [0.5, 0.6) is 5.75 Å². The van der Waals surface area contributed by atoms with Gasteiger partial charge in [-0.05, 0) is 54.8 Å². The monoisotopic (exact) mass is 431 g/mol. The Morgan fingerprint density at radius 2 is 1.87 bits per heavy atom. The van der Waals surface area contributed by atoms with Gasteiger partial charge in [0, 0.05) is 13.1 Å². The molecule has 1 unspecified atom stereocenters. The van der Waals surface area contributed by atoms with E-state index >= 15 is 0 Å². The van der Waals surface area contributed by atoms with Crippen LogP contribution in [0.4, 0.5) is 4.39 Å². The van der Waals surface area contributed by atoms with Crippen LogP contribution in [0.3, 0.4) is 0 Å². The van der Waals surface area contributed by atoms with Gasteiger partial charge in [-0.25, -0.2) is 12.8 Å². The standard InChI is InChI=1S/C21H22FN3O4S/c1-28-18-8-10-19(11-9-18)30(26,27)25-12-2-3-16(14-25)21-24-23-20(29-21)13-15-4-6-17(22)7-5-15/h4-11,16H,2-3,12-14H2,1H3. The zero-order valence-electron chi connectivity index (χ0n) is 16.5. The molecule has 158 valence electrons. The molecule has 30 heavy (non-hydrogen) atoms. The number of nitrogens with zero attached hydrogens (tertiary/aromatic N) is 3. The Hall–Kier alpha value is -2.78. The van der Waals surface area contributed by atoms with Crippen LogP contribution >= 0.6 is 0 Å². The lowest BCUT2D eigenvalue weighted by atomic mass is 10.00. The van der Waals surface area contributed by atoms with Crippen molar-refractivity contribution in [2.24, 2.45) is 0 Å². The Kier molecular flexibility index (Phi) is 5.83. The van der Waals surface area contributed by atoms with Crippen LogP contribution in [0, 0.1) is 5.82 Å². The van der Waals surface area contributed by atoms with Gasteiger partial charge in [-0.15, -0.1) is 10.2 Å². The number of sulfonamides is 1. The van der Waals surface area contributed by atoms with Crippen molar-refractivity contribution in [1.29, 1.82) is 0 Å². The molecular formula is C21H22FN3O4S. The summed E-state index contributed by atoms with van der Waals surface area (Å²) in [7, 11) is -2.09. The van der Waals surface area contributed by atoms with Crippen molar-refractivity contribution in [3.8, 4) is 5.75 Å². The molecule has 1 fully saturated rings. The van der Waals surface area contributed by atoms with Crippen molar-refractivity contribution in [3.05, 3.63) is 71.7 Å². The third kappa shape index (κ3) is 4.36. The fourth-order valence-corrected chi connectivity index (χ4v) is 5.06. The molecular weight excluding hydrogens is 409 g/mol. The minimum absolute atomic E-state index is 0.166. The molecule has 9 heteroatoms. The highest BCUT2D eigenvalue weighted by Crippen LogP contribution is 2.30. The highest BCUT2D eigenvalue weighted by atomic mass is 32.2. The van der Waals surface area contributed by atoms with Gasteiger partial charge in [0.15, 0.2) is 0 Å². The van der Waals surface area contributed by atoms with Gasteiger partial charge < -0.3 is 9.15 Å². The Morgan fingerprint density at radius 1 is 1.13 bits per heavy atom. The van der Waals surface area contributed by atoms with Crippen molar-refractivity contribution in [2.75, 3.05) is 20.2 Å². The summed E-state index contributed by atoms with van der Waals surface area (Å²) in [6, 6.07) is 12.5. The van der Waals surface area contributed by atoms with E-state index in [4.69, 9.17) is 9.15 Å². The SMILES string of the molecule is COc1ccc(S(=O)(=O)N2CCCC(c3nnc(Cc4ccc(F)cc4)o3)C2)cc1. The lowest BCUT2D eigenvalue weighted by Gasteiger charge is -2.30. The molecule has 2 heterocycles. The molecule has 0 saturated carbocycles. The Bertz CT molecular complexity index is 1100. The van der Waals surface area contributed by atoms with E-state index in [0.29, 0.717) is 36.9 Å². The van der Waals surface area contributed by atoms with Crippen LogP contribution in [-0.2, 0) is 16.4 Å². The second-order valence-corrected chi connectivity index (χ2v) is 9.15. The van der Waals surface area contributed by atoms with Crippen molar-refractivity contribution >= 4 is 10.0 Å². The highest BCUT2D eigenvalue weighted by molar-refractivity contribution is 7.89. The lowest BCUT2D eigenvalue weighted by Crippen LogP contribution is -2.39. The zero-order valence-corrected chi connectivity index (χ0v) is 17.3. The maximum Gasteiger partial charge on any atom is 0.243 e. The average Bonchev–Trinajstić information content (AvgIpc) is 3.24. The van der Waals surface area contributed by atoms with Gasteiger partial charge in [-0.1, -0.05) is 12.1 Å². The fraction of sp³-hybridized carbons (Fsp3) is 0.333. The van der Waals surface area contributed by atoms with E-state index in [1.807, 2.05) is 0 Å². The van der Waals surface area contributed by atoms with Crippen LogP contribution in [0.15, 0.2) is 57.8 Å². The van der Waals surface area contributed by atoms with Gasteiger partial charge in [-0.3, -0.25) is 0 Å². The van der Waals surface area contributed by atoms with Gasteiger partial charge in [0.1, 0.15) is 11.6 Å². The third-order valence-corrected chi connectivity index (χ3v) is 7.06. The number of methoxy groups -OCH3 is 1. The second kappa shape index (κ2) is 8.53. The van der Waals surface area contributed by atoms with Crippen LogP contribution in [0.1, 0.15) is 36.1 Å². The second-order valence-electron chi connectivity index (χ2n) is 7.22. The first-order chi connectivity index (χ1) is 14.5. The minimum atomic E-state index is -3.62. The molecule has 0 amide bonds. The number of aromatic nitrogens is 2. The maximum atomic E-state index is 13.1. The number of hydrogen-bond donors (Lipinski definition) is 0. The number of halogens is 1. The van der Waals surface area contributed by atoms with E-state index in [1.165, 1.54) is 23.5 Å². The van der Waals surface area contributed by atoms with Crippen LogP contribution < -0.4 is 4.74 Å². The molecule has 1 atom stereocenters. The number of hydrogen-bond acceptors (Lipinski definition) is 6. The molecule has 1 saturated heterocycles. The Balaban J connectivity index is 1.47. The van der Waals surface area contributed by atoms with Crippen LogP contribution in [0.25, 0.3) is 0 Å². The van der Waals surface area contributed by atoms with Gasteiger partial charge >= 0.3 is 0 Å². The Labute approximate surface area is 174 Å². The first-order valence-electron chi connectivity index (χ1n) is 9.66. The summed E-state index contributed by atoms with van der Waals surface area (Å²) in [5.41, 5.74) is 0.860. The van der Waals surface area contributed by atoms with E-state index in [2.05, 4.69) is 10.2 Å². The van der Waals surface area contributed by atoms with E-state index in [0.717, 1.165) is 12.0 Å². The highest BCUT2D eigenvalue weighted by Gasteiger charge is 2.33. The van der Waals surface area contributed by atoms with Gasteiger partial charge in [0.05, 0.1) is 24.3 Å². The molecule has 3 aromatic rings. The normalized spacial score (nSPS) is 17.7. The van der Waals surface area contributed by atoms with E-state index in [1.54, 1.807) is 36.4 Å². The summed E-state index contributed by atoms with van der Waals surface area (Å²) in [4.78, 5) is 0.228. The van der Waals surface area contributed by atoms with Crippen molar-refractivity contribution in [3.63, 3.8) is 0 Å². The molecule has 4 rings (SSSR count). The molecule has 0 bridgehead atoms. The van der Waals surface area contributed by atoms with Gasteiger partial charge in [0.25, 0.3) is 0 Å². The summed E-state index contributed by atoms with van der Waals surface area (Å²) in [6.45, 7) is 0.730. The van der Waals surface area contributed by atoms with E-state index < -0.39 is 10.0 Å². The van der Waals surface area contributed by atoms with Crippen LogP contribution in [0.2, 0.25) is 0 Å².